The number of aromatic nitrogens is 2. The molecule has 1 aliphatic carbocycles. The number of hydrogen-bond acceptors (Lipinski definition) is 10. The van der Waals surface area contributed by atoms with Crippen molar-refractivity contribution in [3.8, 4) is 11.6 Å². The van der Waals surface area contributed by atoms with Gasteiger partial charge in [-0.05, 0) is 44.2 Å². The largest absolute Gasteiger partial charge is 0.467 e. The van der Waals surface area contributed by atoms with Gasteiger partial charge in [-0.1, -0.05) is 18.2 Å². The van der Waals surface area contributed by atoms with E-state index in [-0.39, 0.29) is 48.5 Å². The molecule has 3 aliphatic rings. The van der Waals surface area contributed by atoms with Crippen molar-refractivity contribution < 1.29 is 38.3 Å². The number of likely N-dealkylation sites (tertiary alicyclic amines) is 1. The van der Waals surface area contributed by atoms with Crippen molar-refractivity contribution in [3.05, 3.63) is 42.1 Å². The van der Waals surface area contributed by atoms with Crippen LogP contribution >= 0.6 is 0 Å². The average molecular weight is 655 g/mol. The molecule has 2 aromatic rings. The van der Waals surface area contributed by atoms with Gasteiger partial charge in [0.15, 0.2) is 12.3 Å². The summed E-state index contributed by atoms with van der Waals surface area (Å²) >= 11 is 0. The molecule has 254 valence electrons. The third kappa shape index (κ3) is 8.98. The highest BCUT2D eigenvalue weighted by molar-refractivity contribution is 5.95. The lowest BCUT2D eigenvalue weighted by molar-refractivity contribution is -0.146. The maximum absolute atomic E-state index is 13.2. The van der Waals surface area contributed by atoms with E-state index in [9.17, 15) is 24.0 Å². The van der Waals surface area contributed by atoms with Gasteiger partial charge in [0.2, 0.25) is 17.7 Å². The van der Waals surface area contributed by atoms with Gasteiger partial charge in [0, 0.05) is 45.4 Å². The summed E-state index contributed by atoms with van der Waals surface area (Å²) in [6, 6.07) is 10.1. The molecule has 3 fully saturated rings. The van der Waals surface area contributed by atoms with Crippen LogP contribution in [0.5, 0.6) is 5.88 Å². The van der Waals surface area contributed by atoms with Crippen LogP contribution in [-0.4, -0.2) is 133 Å². The van der Waals surface area contributed by atoms with Crippen LogP contribution in [0.15, 0.2) is 36.4 Å². The number of ether oxygens (including phenoxy) is 2. The molecule has 0 unspecified atom stereocenters. The summed E-state index contributed by atoms with van der Waals surface area (Å²) in [5, 5.41) is 14.1. The van der Waals surface area contributed by atoms with Gasteiger partial charge in [-0.15, -0.1) is 5.06 Å². The SMILES string of the molecule is COCCNC(=O)ON1CCN(C(=O)CNC(=O)c2cc(OCC(=O)N3CCC[C@H]3C(=O)NC3CCC3)n(-c3ccccc3)n2)CC1. The molecule has 3 heterocycles. The second-order valence-electron chi connectivity index (χ2n) is 11.6. The van der Waals surface area contributed by atoms with E-state index in [0.29, 0.717) is 58.0 Å². The number of carbonyl (C=O) groups is 5. The Morgan fingerprint density at radius 1 is 0.915 bits per heavy atom. The number of nitrogens with one attached hydrogen (secondary N) is 3. The maximum atomic E-state index is 13.2. The van der Waals surface area contributed by atoms with Crippen molar-refractivity contribution in [2.75, 3.05) is 66.1 Å². The molecule has 2 saturated heterocycles. The topological polar surface area (TPSA) is 177 Å². The first-order valence-electron chi connectivity index (χ1n) is 16.0. The molecule has 1 aromatic heterocycles. The molecule has 5 rings (SSSR count). The van der Waals surface area contributed by atoms with E-state index in [1.54, 1.807) is 34.1 Å². The number of benzene rings is 1. The Balaban J connectivity index is 1.14. The molecule has 1 atom stereocenters. The fourth-order valence-corrected chi connectivity index (χ4v) is 5.53. The number of piperazine rings is 1. The molecule has 2 aliphatic heterocycles. The molecule has 1 aromatic carbocycles. The van der Waals surface area contributed by atoms with Gasteiger partial charge in [-0.3, -0.25) is 19.2 Å². The monoisotopic (exact) mass is 654 g/mol. The predicted octanol–water partition coefficient (Wildman–Crippen LogP) is 0.0724. The Bertz CT molecular complexity index is 1410. The first kappa shape index (κ1) is 33.7. The smallest absolute Gasteiger partial charge is 0.426 e. The third-order valence-electron chi connectivity index (χ3n) is 8.36. The van der Waals surface area contributed by atoms with Crippen molar-refractivity contribution >= 4 is 29.7 Å². The minimum Gasteiger partial charge on any atom is -0.467 e. The number of rotatable bonds is 13. The Labute approximate surface area is 272 Å². The van der Waals surface area contributed by atoms with Crippen LogP contribution in [0.25, 0.3) is 5.69 Å². The fourth-order valence-electron chi connectivity index (χ4n) is 5.53. The van der Waals surface area contributed by atoms with Gasteiger partial charge in [0.25, 0.3) is 11.8 Å². The van der Waals surface area contributed by atoms with E-state index in [2.05, 4.69) is 21.0 Å². The number of para-hydroxylation sites is 1. The molecular formula is C31H42N8O8. The normalized spacial score (nSPS) is 18.3. The quantitative estimate of drug-likeness (QED) is 0.251. The average Bonchev–Trinajstić information content (AvgIpc) is 3.73. The number of nitrogens with zero attached hydrogens (tertiary/aromatic N) is 5. The van der Waals surface area contributed by atoms with Crippen LogP contribution in [0.4, 0.5) is 4.79 Å². The second kappa shape index (κ2) is 16.2. The van der Waals surface area contributed by atoms with Crippen LogP contribution in [0.1, 0.15) is 42.6 Å². The molecule has 1 saturated carbocycles. The summed E-state index contributed by atoms with van der Waals surface area (Å²) in [5.41, 5.74) is 0.609. The van der Waals surface area contributed by atoms with E-state index < -0.39 is 18.0 Å². The summed E-state index contributed by atoms with van der Waals surface area (Å²) in [6.45, 7) is 1.83. The zero-order valence-corrected chi connectivity index (χ0v) is 26.5. The highest BCUT2D eigenvalue weighted by atomic mass is 16.7. The van der Waals surface area contributed by atoms with Crippen LogP contribution in [-0.2, 0) is 24.0 Å². The minimum atomic E-state index is -0.594. The summed E-state index contributed by atoms with van der Waals surface area (Å²) in [4.78, 5) is 72.1. The van der Waals surface area contributed by atoms with Crippen molar-refractivity contribution in [1.82, 2.24) is 40.6 Å². The van der Waals surface area contributed by atoms with Crippen LogP contribution in [0.2, 0.25) is 0 Å². The Morgan fingerprint density at radius 3 is 2.38 bits per heavy atom. The summed E-state index contributed by atoms with van der Waals surface area (Å²) in [5.74, 6) is -1.18. The molecule has 47 heavy (non-hydrogen) atoms. The van der Waals surface area contributed by atoms with Crippen LogP contribution in [0.3, 0.4) is 0 Å². The predicted molar refractivity (Wildman–Crippen MR) is 166 cm³/mol. The number of amides is 5. The van der Waals surface area contributed by atoms with E-state index in [0.717, 1.165) is 25.7 Å². The molecule has 5 amide bonds. The first-order chi connectivity index (χ1) is 22.8. The van der Waals surface area contributed by atoms with Crippen molar-refractivity contribution in [2.45, 2.75) is 44.2 Å². The van der Waals surface area contributed by atoms with E-state index in [4.69, 9.17) is 14.3 Å². The summed E-state index contributed by atoms with van der Waals surface area (Å²) < 4.78 is 12.2. The minimum absolute atomic E-state index is 0.000678. The zero-order valence-electron chi connectivity index (χ0n) is 26.5. The van der Waals surface area contributed by atoms with Crippen LogP contribution in [0, 0.1) is 0 Å². The van der Waals surface area contributed by atoms with E-state index in [1.807, 2.05) is 6.07 Å². The lowest BCUT2D eigenvalue weighted by Gasteiger charge is -2.33. The Hall–Kier alpha value is -4.70. The molecule has 0 radical (unpaired) electrons. The molecule has 16 nitrogen and oxygen atoms in total. The summed E-state index contributed by atoms with van der Waals surface area (Å²) in [7, 11) is 1.53. The first-order valence-corrected chi connectivity index (χ1v) is 16.0. The number of hydrogen-bond donors (Lipinski definition) is 3. The number of carbonyl (C=O) groups excluding carboxylic acids is 5. The summed E-state index contributed by atoms with van der Waals surface area (Å²) in [6.07, 6.45) is 3.77. The van der Waals surface area contributed by atoms with Gasteiger partial charge in [0.05, 0.1) is 31.9 Å². The number of hydroxylamine groups is 2. The molecule has 0 bridgehead atoms. The van der Waals surface area contributed by atoms with Crippen molar-refractivity contribution in [3.63, 3.8) is 0 Å². The van der Waals surface area contributed by atoms with Gasteiger partial charge >= 0.3 is 6.09 Å². The zero-order chi connectivity index (χ0) is 33.2. The van der Waals surface area contributed by atoms with Gasteiger partial charge < -0.3 is 40.1 Å². The fraction of sp³-hybridized carbons (Fsp3) is 0.548. The standard InChI is InChI=1S/C31H42N8O8/c1-45-18-12-32-31(44)47-37-16-14-36(15-17-37)26(40)20-33-29(42)24-19-28(39(35-24)23-9-3-2-4-10-23)46-21-27(41)38-13-6-11-25(38)30(43)34-22-7-5-8-22/h2-4,9-10,19,22,25H,5-8,11-18,20-21H2,1H3,(H,32,44)(H,33,42)(H,34,43)/t25-/m0/s1. The van der Waals surface area contributed by atoms with Crippen molar-refractivity contribution in [2.24, 2.45) is 0 Å². The van der Waals surface area contributed by atoms with Gasteiger partial charge in [0.1, 0.15) is 6.04 Å². The molecule has 16 heteroatoms. The second-order valence-corrected chi connectivity index (χ2v) is 11.6. The maximum Gasteiger partial charge on any atom is 0.426 e. The molecule has 0 spiro atoms. The number of methoxy groups -OCH3 is 1. The lowest BCUT2D eigenvalue weighted by Crippen LogP contribution is -2.52. The van der Waals surface area contributed by atoms with Gasteiger partial charge in [-0.2, -0.15) is 5.10 Å². The van der Waals surface area contributed by atoms with Crippen LogP contribution < -0.4 is 20.7 Å². The van der Waals surface area contributed by atoms with Crippen molar-refractivity contribution in [1.29, 1.82) is 0 Å². The lowest BCUT2D eigenvalue weighted by atomic mass is 9.93. The van der Waals surface area contributed by atoms with E-state index >= 15 is 0 Å². The van der Waals surface area contributed by atoms with E-state index in [1.165, 1.54) is 22.9 Å². The Morgan fingerprint density at radius 2 is 1.68 bits per heavy atom. The third-order valence-corrected chi connectivity index (χ3v) is 8.36. The Kier molecular flexibility index (Phi) is 11.6. The molecular weight excluding hydrogens is 612 g/mol. The molecule has 3 N–H and O–H groups in total. The highest BCUT2D eigenvalue weighted by Gasteiger charge is 2.36. The highest BCUT2D eigenvalue weighted by Crippen LogP contribution is 2.23. The van der Waals surface area contributed by atoms with Gasteiger partial charge in [-0.25, -0.2) is 9.48 Å².